The van der Waals surface area contributed by atoms with Gasteiger partial charge in [-0.25, -0.2) is 0 Å². The van der Waals surface area contributed by atoms with Crippen molar-refractivity contribution in [2.24, 2.45) is 0 Å². The highest BCUT2D eigenvalue weighted by atomic mass is 16.2. The molecule has 0 atom stereocenters. The maximum atomic E-state index is 12.3. The third-order valence-electron chi connectivity index (χ3n) is 3.53. The molecule has 1 heterocycles. The molecule has 0 aliphatic heterocycles. The number of H-pyrrole nitrogens is 1. The van der Waals surface area contributed by atoms with Crippen molar-refractivity contribution in [1.29, 1.82) is 0 Å². The SMILES string of the molecule is CC.CC.Cc1cccc(CC(=O)C(=O)c2c[nH]c3ccccc23)c1. The summed E-state index contributed by atoms with van der Waals surface area (Å²) in [4.78, 5) is 27.6. The van der Waals surface area contributed by atoms with E-state index < -0.39 is 5.78 Å². The van der Waals surface area contributed by atoms with Gasteiger partial charge in [-0.15, -0.1) is 0 Å². The fourth-order valence-corrected chi connectivity index (χ4v) is 2.50. The zero-order valence-electron chi connectivity index (χ0n) is 15.7. The first-order valence-electron chi connectivity index (χ1n) is 8.84. The van der Waals surface area contributed by atoms with Gasteiger partial charge in [0.1, 0.15) is 0 Å². The Kier molecular flexibility index (Phi) is 8.34. The van der Waals surface area contributed by atoms with Crippen molar-refractivity contribution in [2.75, 3.05) is 0 Å². The lowest BCUT2D eigenvalue weighted by Crippen LogP contribution is -2.16. The van der Waals surface area contributed by atoms with Gasteiger partial charge in [-0.3, -0.25) is 9.59 Å². The Morgan fingerprint density at radius 3 is 2.28 bits per heavy atom. The molecule has 2 aromatic carbocycles. The molecule has 132 valence electrons. The number of aromatic amines is 1. The van der Waals surface area contributed by atoms with Gasteiger partial charge in [0.15, 0.2) is 0 Å². The van der Waals surface area contributed by atoms with Crippen LogP contribution in [0, 0.1) is 6.92 Å². The number of aryl methyl sites for hydroxylation is 1. The van der Waals surface area contributed by atoms with Gasteiger partial charge in [0.25, 0.3) is 0 Å². The minimum atomic E-state index is -0.436. The van der Waals surface area contributed by atoms with E-state index in [4.69, 9.17) is 0 Å². The van der Waals surface area contributed by atoms with Gasteiger partial charge in [0.2, 0.25) is 11.6 Å². The van der Waals surface area contributed by atoms with Gasteiger partial charge in [-0.05, 0) is 18.6 Å². The summed E-state index contributed by atoms with van der Waals surface area (Å²) in [5.74, 6) is -0.820. The molecule has 3 nitrogen and oxygen atoms in total. The standard InChI is InChI=1S/C18H15NO2.2C2H6/c1-12-5-4-6-13(9-12)10-17(20)18(21)15-11-19-16-8-3-2-7-14(15)16;2*1-2/h2-9,11,19H,10H2,1H3;2*1-2H3. The van der Waals surface area contributed by atoms with Crippen molar-refractivity contribution in [3.63, 3.8) is 0 Å². The number of hydrogen-bond donors (Lipinski definition) is 1. The van der Waals surface area contributed by atoms with Crippen LogP contribution in [-0.2, 0) is 11.2 Å². The van der Waals surface area contributed by atoms with Gasteiger partial charge < -0.3 is 4.98 Å². The number of ketones is 2. The van der Waals surface area contributed by atoms with E-state index in [0.29, 0.717) is 5.56 Å². The Bertz CT molecular complexity index is 831. The topological polar surface area (TPSA) is 49.9 Å². The third-order valence-corrected chi connectivity index (χ3v) is 3.53. The van der Waals surface area contributed by atoms with Crippen LogP contribution in [0.4, 0.5) is 0 Å². The second-order valence-electron chi connectivity index (χ2n) is 5.17. The van der Waals surface area contributed by atoms with Crippen molar-refractivity contribution in [2.45, 2.75) is 41.0 Å². The quantitative estimate of drug-likeness (QED) is 0.503. The van der Waals surface area contributed by atoms with Gasteiger partial charge in [0.05, 0.1) is 5.56 Å². The third kappa shape index (κ3) is 5.15. The highest BCUT2D eigenvalue weighted by Crippen LogP contribution is 2.19. The van der Waals surface area contributed by atoms with E-state index in [1.165, 1.54) is 0 Å². The van der Waals surface area contributed by atoms with Crippen molar-refractivity contribution in [3.05, 3.63) is 71.4 Å². The fourth-order valence-electron chi connectivity index (χ4n) is 2.50. The van der Waals surface area contributed by atoms with Gasteiger partial charge in [0, 0.05) is 23.5 Å². The van der Waals surface area contributed by atoms with Gasteiger partial charge in [-0.2, -0.15) is 0 Å². The number of para-hydroxylation sites is 1. The van der Waals surface area contributed by atoms with Crippen LogP contribution < -0.4 is 0 Å². The van der Waals surface area contributed by atoms with E-state index in [-0.39, 0.29) is 12.2 Å². The maximum Gasteiger partial charge on any atom is 0.231 e. The summed E-state index contributed by atoms with van der Waals surface area (Å²) < 4.78 is 0. The Hall–Kier alpha value is -2.68. The first-order valence-corrected chi connectivity index (χ1v) is 8.84. The molecule has 3 rings (SSSR count). The molecule has 0 unspecified atom stereocenters. The first-order chi connectivity index (χ1) is 12.1. The van der Waals surface area contributed by atoms with E-state index in [9.17, 15) is 9.59 Å². The van der Waals surface area contributed by atoms with Crippen LogP contribution in [0.15, 0.2) is 54.7 Å². The number of fused-ring (bicyclic) bond motifs is 1. The van der Waals surface area contributed by atoms with Crippen LogP contribution in [-0.4, -0.2) is 16.6 Å². The molecular weight excluding hydrogens is 310 g/mol. The van der Waals surface area contributed by atoms with Crippen LogP contribution in [0.3, 0.4) is 0 Å². The van der Waals surface area contributed by atoms with Crippen LogP contribution in [0.5, 0.6) is 0 Å². The zero-order valence-corrected chi connectivity index (χ0v) is 15.7. The van der Waals surface area contributed by atoms with Crippen molar-refractivity contribution < 1.29 is 9.59 Å². The van der Waals surface area contributed by atoms with E-state index in [0.717, 1.165) is 22.0 Å². The van der Waals surface area contributed by atoms with Crippen molar-refractivity contribution in [1.82, 2.24) is 4.98 Å². The zero-order chi connectivity index (χ0) is 18.8. The molecule has 0 saturated carbocycles. The summed E-state index contributed by atoms with van der Waals surface area (Å²) in [6, 6.07) is 15.1. The smallest absolute Gasteiger partial charge is 0.231 e. The summed E-state index contributed by atoms with van der Waals surface area (Å²) in [6.07, 6.45) is 1.75. The summed E-state index contributed by atoms with van der Waals surface area (Å²) >= 11 is 0. The molecule has 3 heteroatoms. The molecule has 0 bridgehead atoms. The highest BCUT2D eigenvalue weighted by molar-refractivity contribution is 6.46. The summed E-state index contributed by atoms with van der Waals surface area (Å²) in [6.45, 7) is 9.97. The van der Waals surface area contributed by atoms with E-state index in [2.05, 4.69) is 4.98 Å². The van der Waals surface area contributed by atoms with Crippen LogP contribution in [0.1, 0.15) is 49.2 Å². The van der Waals surface area contributed by atoms with Crippen LogP contribution in [0.2, 0.25) is 0 Å². The number of carbonyl (C=O) groups excluding carboxylic acids is 2. The maximum absolute atomic E-state index is 12.3. The molecule has 0 saturated heterocycles. The molecule has 3 aromatic rings. The molecule has 0 spiro atoms. The van der Waals surface area contributed by atoms with E-state index in [1.54, 1.807) is 6.20 Å². The lowest BCUT2D eigenvalue weighted by molar-refractivity contribution is -0.114. The minimum absolute atomic E-state index is 0.139. The molecule has 0 aliphatic rings. The molecule has 0 radical (unpaired) electrons. The Morgan fingerprint density at radius 2 is 1.60 bits per heavy atom. The number of Topliss-reactive ketones (excluding diaryl/α,β-unsaturated/α-hetero) is 2. The second-order valence-corrected chi connectivity index (χ2v) is 5.17. The highest BCUT2D eigenvalue weighted by Gasteiger charge is 2.19. The lowest BCUT2D eigenvalue weighted by atomic mass is 10.00. The summed E-state index contributed by atoms with van der Waals surface area (Å²) in [5, 5.41) is 0.792. The number of aromatic nitrogens is 1. The Balaban J connectivity index is 0.000000730. The summed E-state index contributed by atoms with van der Waals surface area (Å²) in [7, 11) is 0. The Labute approximate surface area is 150 Å². The molecule has 1 N–H and O–H groups in total. The van der Waals surface area contributed by atoms with Crippen molar-refractivity contribution in [3.8, 4) is 0 Å². The average molecular weight is 337 g/mol. The molecule has 0 amide bonds. The summed E-state index contributed by atoms with van der Waals surface area (Å²) in [5.41, 5.74) is 3.26. The molecule has 1 aromatic heterocycles. The van der Waals surface area contributed by atoms with E-state index >= 15 is 0 Å². The monoisotopic (exact) mass is 337 g/mol. The predicted octanol–water partition coefficient (Wildman–Crippen LogP) is 5.52. The molecule has 0 fully saturated rings. The minimum Gasteiger partial charge on any atom is -0.360 e. The van der Waals surface area contributed by atoms with Crippen LogP contribution in [0.25, 0.3) is 10.9 Å². The molecule has 0 aliphatic carbocycles. The number of carbonyl (C=O) groups is 2. The van der Waals surface area contributed by atoms with E-state index in [1.807, 2.05) is 83.1 Å². The largest absolute Gasteiger partial charge is 0.360 e. The van der Waals surface area contributed by atoms with Gasteiger partial charge in [-0.1, -0.05) is 75.7 Å². The van der Waals surface area contributed by atoms with Crippen LogP contribution >= 0.6 is 0 Å². The average Bonchev–Trinajstić information content (AvgIpc) is 3.08. The first kappa shape index (κ1) is 20.4. The molecule has 25 heavy (non-hydrogen) atoms. The number of hydrogen-bond acceptors (Lipinski definition) is 2. The predicted molar refractivity (Wildman–Crippen MR) is 105 cm³/mol. The number of rotatable bonds is 4. The molecular formula is C22H27NO2. The van der Waals surface area contributed by atoms with Crippen molar-refractivity contribution >= 4 is 22.5 Å². The Morgan fingerprint density at radius 1 is 0.920 bits per heavy atom. The normalized spacial score (nSPS) is 9.48. The second kappa shape index (κ2) is 10.2. The lowest BCUT2D eigenvalue weighted by Gasteiger charge is -2.01. The van der Waals surface area contributed by atoms with Gasteiger partial charge >= 0.3 is 0 Å². The fraction of sp³-hybridized carbons (Fsp3) is 0.273. The number of nitrogens with one attached hydrogen (secondary N) is 1. The number of benzene rings is 2.